The van der Waals surface area contributed by atoms with E-state index in [1.165, 1.54) is 35.6 Å². The lowest BCUT2D eigenvalue weighted by atomic mass is 9.94. The molecule has 0 N–H and O–H groups in total. The first kappa shape index (κ1) is 23.7. The Bertz CT molecular complexity index is 1330. The summed E-state index contributed by atoms with van der Waals surface area (Å²) in [6.45, 7) is 7.67. The second-order valence-corrected chi connectivity index (χ2v) is 11.6. The molecule has 1 saturated heterocycles. The van der Waals surface area contributed by atoms with Crippen molar-refractivity contribution in [1.82, 2.24) is 8.87 Å². The van der Waals surface area contributed by atoms with Gasteiger partial charge in [0.15, 0.2) is 4.80 Å². The number of ether oxygens (including phenoxy) is 1. The molecule has 0 spiro atoms. The van der Waals surface area contributed by atoms with Gasteiger partial charge in [0.25, 0.3) is 5.91 Å². The number of para-hydroxylation sites is 1. The Balaban J connectivity index is 1.61. The molecule has 2 atom stereocenters. The van der Waals surface area contributed by atoms with Crippen molar-refractivity contribution in [2.75, 3.05) is 19.7 Å². The molecule has 2 heterocycles. The van der Waals surface area contributed by atoms with Crippen LogP contribution in [0, 0.1) is 11.8 Å². The summed E-state index contributed by atoms with van der Waals surface area (Å²) >= 11 is 1.41. The number of piperidine rings is 1. The fraction of sp³-hybridized carbons (Fsp3) is 0.417. The maximum absolute atomic E-state index is 13.1. The molecule has 3 aromatic rings. The Morgan fingerprint density at radius 3 is 2.42 bits per heavy atom. The number of aryl methyl sites for hydroxylation is 1. The van der Waals surface area contributed by atoms with E-state index in [4.69, 9.17) is 4.74 Å². The Kier molecular flexibility index (Phi) is 6.74. The molecule has 9 heteroatoms. The van der Waals surface area contributed by atoms with Crippen LogP contribution in [-0.2, 0) is 17.1 Å². The van der Waals surface area contributed by atoms with Gasteiger partial charge in [-0.05, 0) is 61.6 Å². The Morgan fingerprint density at radius 1 is 1.12 bits per heavy atom. The molecule has 2 aromatic carbocycles. The third kappa shape index (κ3) is 4.76. The number of hydrogen-bond donors (Lipinski definition) is 0. The van der Waals surface area contributed by atoms with Crippen molar-refractivity contribution < 1.29 is 17.9 Å². The number of carbonyl (C=O) groups is 1. The monoisotopic (exact) mass is 487 g/mol. The topological polar surface area (TPSA) is 81.0 Å². The van der Waals surface area contributed by atoms with Crippen LogP contribution >= 0.6 is 11.3 Å². The van der Waals surface area contributed by atoms with Crippen LogP contribution in [0.5, 0.6) is 5.75 Å². The van der Waals surface area contributed by atoms with Crippen LogP contribution in [0.15, 0.2) is 52.4 Å². The maximum Gasteiger partial charge on any atom is 0.279 e. The molecule has 0 saturated carbocycles. The van der Waals surface area contributed by atoms with Gasteiger partial charge in [-0.1, -0.05) is 31.3 Å². The molecule has 176 valence electrons. The lowest BCUT2D eigenvalue weighted by Gasteiger charge is -2.34. The number of amides is 1. The fourth-order valence-electron chi connectivity index (χ4n) is 4.42. The second kappa shape index (κ2) is 9.40. The SMILES string of the molecule is CCOc1cccc2sc(=NC(=O)c3ccc(S(=O)(=O)N4C[C@@H](C)C[C@H](C)C4)cc3)n(C)c12. The van der Waals surface area contributed by atoms with Crippen molar-refractivity contribution >= 4 is 37.5 Å². The summed E-state index contributed by atoms with van der Waals surface area (Å²) in [7, 11) is -1.74. The Hall–Kier alpha value is -2.49. The minimum absolute atomic E-state index is 0.203. The Labute approximate surface area is 198 Å². The molecule has 0 unspecified atom stereocenters. The van der Waals surface area contributed by atoms with Gasteiger partial charge in [-0.2, -0.15) is 9.30 Å². The summed E-state index contributed by atoms with van der Waals surface area (Å²) in [5.41, 5.74) is 1.24. The van der Waals surface area contributed by atoms with Gasteiger partial charge in [0, 0.05) is 25.7 Å². The number of fused-ring (bicyclic) bond motifs is 1. The molecule has 1 aromatic heterocycles. The molecule has 7 nitrogen and oxygen atoms in total. The van der Waals surface area contributed by atoms with Crippen molar-refractivity contribution in [2.45, 2.75) is 32.1 Å². The summed E-state index contributed by atoms with van der Waals surface area (Å²) in [6, 6.07) is 11.8. The quantitative estimate of drug-likeness (QED) is 0.544. The van der Waals surface area contributed by atoms with E-state index in [0.717, 1.165) is 22.4 Å². The number of aromatic nitrogens is 1. The van der Waals surface area contributed by atoms with E-state index in [1.54, 1.807) is 4.31 Å². The van der Waals surface area contributed by atoms with E-state index < -0.39 is 15.9 Å². The van der Waals surface area contributed by atoms with Gasteiger partial charge < -0.3 is 9.30 Å². The van der Waals surface area contributed by atoms with Gasteiger partial charge in [0.2, 0.25) is 10.0 Å². The average Bonchev–Trinajstić information content (AvgIpc) is 3.09. The number of nitrogens with zero attached hydrogens (tertiary/aromatic N) is 3. The van der Waals surface area contributed by atoms with Gasteiger partial charge in [-0.3, -0.25) is 4.79 Å². The lowest BCUT2D eigenvalue weighted by Crippen LogP contribution is -2.42. The molecule has 0 aliphatic carbocycles. The zero-order valence-electron chi connectivity index (χ0n) is 19.3. The van der Waals surface area contributed by atoms with Gasteiger partial charge in [0.05, 0.1) is 16.2 Å². The van der Waals surface area contributed by atoms with Crippen LogP contribution in [-0.4, -0.2) is 42.9 Å². The van der Waals surface area contributed by atoms with Crippen molar-refractivity contribution in [3.05, 3.63) is 52.8 Å². The lowest BCUT2D eigenvalue weighted by molar-refractivity contribution is 0.0998. The summed E-state index contributed by atoms with van der Waals surface area (Å²) in [5, 5.41) is 0. The summed E-state index contributed by atoms with van der Waals surface area (Å²) in [4.78, 5) is 17.9. The van der Waals surface area contributed by atoms with Crippen LogP contribution in [0.2, 0.25) is 0 Å². The van der Waals surface area contributed by atoms with E-state index in [9.17, 15) is 13.2 Å². The molecule has 1 aliphatic heterocycles. The number of thiazole rings is 1. The zero-order valence-corrected chi connectivity index (χ0v) is 20.9. The van der Waals surface area contributed by atoms with E-state index in [1.807, 2.05) is 36.7 Å². The van der Waals surface area contributed by atoms with Crippen molar-refractivity contribution in [1.29, 1.82) is 0 Å². The predicted molar refractivity (Wildman–Crippen MR) is 130 cm³/mol. The first-order chi connectivity index (χ1) is 15.7. The molecule has 0 radical (unpaired) electrons. The highest BCUT2D eigenvalue weighted by molar-refractivity contribution is 7.89. The molecule has 1 fully saturated rings. The predicted octanol–water partition coefficient (Wildman–Crippen LogP) is 4.05. The molecule has 1 amide bonds. The number of hydrogen-bond acceptors (Lipinski definition) is 5. The fourth-order valence-corrected chi connectivity index (χ4v) is 7.13. The van der Waals surface area contributed by atoms with Crippen LogP contribution in [0.3, 0.4) is 0 Å². The van der Waals surface area contributed by atoms with Gasteiger partial charge >= 0.3 is 0 Å². The third-order valence-corrected chi connectivity index (χ3v) is 8.80. The van der Waals surface area contributed by atoms with E-state index in [2.05, 4.69) is 18.8 Å². The minimum Gasteiger partial charge on any atom is -0.492 e. The first-order valence-corrected chi connectivity index (χ1v) is 13.4. The van der Waals surface area contributed by atoms with E-state index in [0.29, 0.717) is 41.9 Å². The highest BCUT2D eigenvalue weighted by Gasteiger charge is 2.31. The average molecular weight is 488 g/mol. The van der Waals surface area contributed by atoms with E-state index >= 15 is 0 Å². The number of benzene rings is 2. The molecule has 4 rings (SSSR count). The molecule has 0 bridgehead atoms. The molecular weight excluding hydrogens is 458 g/mol. The highest BCUT2D eigenvalue weighted by Crippen LogP contribution is 2.28. The minimum atomic E-state index is -3.59. The van der Waals surface area contributed by atoms with E-state index in [-0.39, 0.29) is 4.90 Å². The van der Waals surface area contributed by atoms with Crippen LogP contribution in [0.4, 0.5) is 0 Å². The standard InChI is InChI=1S/C24H29N3O4S2/c1-5-31-20-7-6-8-21-22(20)26(4)24(32-21)25-23(28)18-9-11-19(12-10-18)33(29,30)27-14-16(2)13-17(3)15-27/h6-12,16-17H,5,13-15H2,1-4H3/t16-,17-/m0/s1. The smallest absolute Gasteiger partial charge is 0.279 e. The zero-order chi connectivity index (χ0) is 23.8. The third-order valence-electron chi connectivity index (χ3n) is 5.86. The van der Waals surface area contributed by atoms with Crippen LogP contribution in [0.25, 0.3) is 10.2 Å². The van der Waals surface area contributed by atoms with Gasteiger partial charge in [0.1, 0.15) is 11.3 Å². The first-order valence-electron chi connectivity index (χ1n) is 11.1. The highest BCUT2D eigenvalue weighted by atomic mass is 32.2. The van der Waals surface area contributed by atoms with Crippen LogP contribution < -0.4 is 9.54 Å². The van der Waals surface area contributed by atoms with Crippen LogP contribution in [0.1, 0.15) is 37.6 Å². The number of rotatable bonds is 5. The van der Waals surface area contributed by atoms with Gasteiger partial charge in [-0.25, -0.2) is 8.42 Å². The maximum atomic E-state index is 13.1. The molecule has 1 aliphatic rings. The van der Waals surface area contributed by atoms with Crippen molar-refractivity contribution in [2.24, 2.45) is 23.9 Å². The number of carbonyl (C=O) groups excluding carboxylic acids is 1. The summed E-state index contributed by atoms with van der Waals surface area (Å²) in [6.07, 6.45) is 1.03. The number of sulfonamides is 1. The van der Waals surface area contributed by atoms with Crippen molar-refractivity contribution in [3.8, 4) is 5.75 Å². The molecular formula is C24H29N3O4S2. The second-order valence-electron chi connectivity index (χ2n) is 8.69. The molecule has 33 heavy (non-hydrogen) atoms. The van der Waals surface area contributed by atoms with Crippen molar-refractivity contribution in [3.63, 3.8) is 0 Å². The summed E-state index contributed by atoms with van der Waals surface area (Å²) in [5.74, 6) is 0.986. The Morgan fingerprint density at radius 2 is 1.79 bits per heavy atom. The summed E-state index contributed by atoms with van der Waals surface area (Å²) < 4.78 is 36.3. The normalized spacial score (nSPS) is 20.3. The van der Waals surface area contributed by atoms with Gasteiger partial charge in [-0.15, -0.1) is 0 Å². The largest absolute Gasteiger partial charge is 0.492 e.